The molecule has 0 aliphatic carbocycles. The molecule has 0 atom stereocenters. The molecule has 1 aromatic heterocycles. The summed E-state index contributed by atoms with van der Waals surface area (Å²) in [6, 6.07) is 5.65. The van der Waals surface area contributed by atoms with Crippen molar-refractivity contribution in [3.8, 4) is 11.3 Å². The normalized spacial score (nSPS) is 10.4. The van der Waals surface area contributed by atoms with E-state index in [0.29, 0.717) is 5.69 Å². The molecule has 1 aromatic carbocycles. The average Bonchev–Trinajstić information content (AvgIpc) is 2.66. The lowest BCUT2D eigenvalue weighted by atomic mass is 10.1. The number of nitrogens with zero attached hydrogens (tertiary/aromatic N) is 1. The van der Waals surface area contributed by atoms with Crippen LogP contribution in [0.1, 0.15) is 10.5 Å². The SMILES string of the molecule is O=C(Cl)c1cc(-c2c(F)cccc2Cl)[nH]n1. The van der Waals surface area contributed by atoms with Crippen LogP contribution in [0.15, 0.2) is 24.3 Å². The van der Waals surface area contributed by atoms with Gasteiger partial charge in [0.1, 0.15) is 11.5 Å². The summed E-state index contributed by atoms with van der Waals surface area (Å²) in [7, 11) is 0. The highest BCUT2D eigenvalue weighted by molar-refractivity contribution is 6.67. The van der Waals surface area contributed by atoms with Gasteiger partial charge < -0.3 is 0 Å². The van der Waals surface area contributed by atoms with Crippen LogP contribution >= 0.6 is 23.2 Å². The zero-order chi connectivity index (χ0) is 11.7. The van der Waals surface area contributed by atoms with Crippen molar-refractivity contribution >= 4 is 28.4 Å². The molecule has 0 radical (unpaired) electrons. The van der Waals surface area contributed by atoms with Crippen molar-refractivity contribution < 1.29 is 9.18 Å². The number of carbonyl (C=O) groups excluding carboxylic acids is 1. The minimum atomic E-state index is -0.713. The minimum absolute atomic E-state index is 0.0241. The number of hydrogen-bond donors (Lipinski definition) is 1. The quantitative estimate of drug-likeness (QED) is 0.841. The highest BCUT2D eigenvalue weighted by Gasteiger charge is 2.14. The third-order valence-electron chi connectivity index (χ3n) is 2.01. The van der Waals surface area contributed by atoms with Crippen molar-refractivity contribution in [3.05, 3.63) is 40.8 Å². The van der Waals surface area contributed by atoms with Gasteiger partial charge in [-0.05, 0) is 29.8 Å². The average molecular weight is 259 g/mol. The fourth-order valence-corrected chi connectivity index (χ4v) is 1.67. The monoisotopic (exact) mass is 258 g/mol. The standard InChI is InChI=1S/C10H5Cl2FN2O/c11-5-2-1-3-6(13)9(5)7-4-8(10(12)16)15-14-7/h1-4H,(H,14,15). The van der Waals surface area contributed by atoms with Gasteiger partial charge in [-0.2, -0.15) is 5.10 Å². The number of aromatic nitrogens is 2. The van der Waals surface area contributed by atoms with E-state index in [-0.39, 0.29) is 16.3 Å². The maximum atomic E-state index is 13.5. The summed E-state index contributed by atoms with van der Waals surface area (Å²) in [6.45, 7) is 0. The summed E-state index contributed by atoms with van der Waals surface area (Å²) >= 11 is 11.1. The van der Waals surface area contributed by atoms with Crippen molar-refractivity contribution in [2.24, 2.45) is 0 Å². The highest BCUT2D eigenvalue weighted by Crippen LogP contribution is 2.29. The second kappa shape index (κ2) is 4.23. The number of rotatable bonds is 2. The summed E-state index contributed by atoms with van der Waals surface area (Å²) < 4.78 is 13.5. The van der Waals surface area contributed by atoms with Crippen molar-refractivity contribution in [2.75, 3.05) is 0 Å². The van der Waals surface area contributed by atoms with Gasteiger partial charge in [0.25, 0.3) is 5.24 Å². The maximum absolute atomic E-state index is 13.5. The van der Waals surface area contributed by atoms with Crippen LogP contribution in [0.2, 0.25) is 5.02 Å². The predicted molar refractivity (Wildman–Crippen MR) is 59.2 cm³/mol. The Kier molecular flexibility index (Phi) is 2.94. The van der Waals surface area contributed by atoms with Crippen LogP contribution in [-0.2, 0) is 0 Å². The van der Waals surface area contributed by atoms with Gasteiger partial charge in [-0.25, -0.2) is 4.39 Å². The Bertz CT molecular complexity index is 533. The molecule has 2 aromatic rings. The molecule has 1 heterocycles. The van der Waals surface area contributed by atoms with Gasteiger partial charge in [0.05, 0.1) is 16.3 Å². The highest BCUT2D eigenvalue weighted by atomic mass is 35.5. The molecule has 3 nitrogen and oxygen atoms in total. The molecule has 0 spiro atoms. The fourth-order valence-electron chi connectivity index (χ4n) is 1.31. The molecule has 0 fully saturated rings. The molecule has 0 saturated carbocycles. The largest absolute Gasteiger partial charge is 0.277 e. The Morgan fingerprint density at radius 3 is 2.75 bits per heavy atom. The first-order chi connectivity index (χ1) is 7.59. The van der Waals surface area contributed by atoms with Crippen molar-refractivity contribution in [2.45, 2.75) is 0 Å². The summed E-state index contributed by atoms with van der Waals surface area (Å²) in [5, 5.41) is 5.67. The number of H-pyrrole nitrogens is 1. The van der Waals surface area contributed by atoms with Gasteiger partial charge in [-0.15, -0.1) is 0 Å². The molecular weight excluding hydrogens is 254 g/mol. The van der Waals surface area contributed by atoms with Gasteiger partial charge in [-0.1, -0.05) is 17.7 Å². The van der Waals surface area contributed by atoms with Gasteiger partial charge in [0.15, 0.2) is 0 Å². The Morgan fingerprint density at radius 2 is 2.19 bits per heavy atom. The summed E-state index contributed by atoms with van der Waals surface area (Å²) in [4.78, 5) is 10.8. The van der Waals surface area contributed by atoms with E-state index in [9.17, 15) is 9.18 Å². The number of nitrogens with one attached hydrogen (secondary N) is 1. The zero-order valence-electron chi connectivity index (χ0n) is 7.80. The van der Waals surface area contributed by atoms with Gasteiger partial charge in [0, 0.05) is 0 Å². The van der Waals surface area contributed by atoms with E-state index in [0.717, 1.165) is 0 Å². The molecule has 2 rings (SSSR count). The van der Waals surface area contributed by atoms with Crippen LogP contribution in [0.4, 0.5) is 4.39 Å². The molecule has 0 aliphatic rings. The lowest BCUT2D eigenvalue weighted by molar-refractivity contribution is 0.107. The first kappa shape index (κ1) is 11.1. The van der Waals surface area contributed by atoms with Crippen molar-refractivity contribution in [3.63, 3.8) is 0 Å². The van der Waals surface area contributed by atoms with Crippen LogP contribution in [0, 0.1) is 5.82 Å². The molecule has 6 heteroatoms. The van der Waals surface area contributed by atoms with Crippen LogP contribution in [0.25, 0.3) is 11.3 Å². The van der Waals surface area contributed by atoms with E-state index in [1.165, 1.54) is 18.2 Å². The van der Waals surface area contributed by atoms with Crippen LogP contribution in [-0.4, -0.2) is 15.4 Å². The van der Waals surface area contributed by atoms with E-state index < -0.39 is 11.1 Å². The number of halogens is 3. The number of benzene rings is 1. The van der Waals surface area contributed by atoms with Crippen LogP contribution in [0.5, 0.6) is 0 Å². The molecular formula is C10H5Cl2FN2O. The summed E-state index contributed by atoms with van der Waals surface area (Å²) in [5.74, 6) is -0.496. The Labute approximate surface area is 100 Å². The number of hydrogen-bond acceptors (Lipinski definition) is 2. The van der Waals surface area contributed by atoms with E-state index in [1.807, 2.05) is 0 Å². The topological polar surface area (TPSA) is 45.8 Å². The Hall–Kier alpha value is -1.39. The summed E-state index contributed by atoms with van der Waals surface area (Å²) in [5.41, 5.74) is 0.504. The fraction of sp³-hybridized carbons (Fsp3) is 0. The van der Waals surface area contributed by atoms with E-state index >= 15 is 0 Å². The third kappa shape index (κ3) is 1.94. The minimum Gasteiger partial charge on any atom is -0.277 e. The van der Waals surface area contributed by atoms with E-state index in [1.54, 1.807) is 6.07 Å². The first-order valence-electron chi connectivity index (χ1n) is 4.29. The second-order valence-electron chi connectivity index (χ2n) is 3.04. The van der Waals surface area contributed by atoms with Crippen molar-refractivity contribution in [1.82, 2.24) is 10.2 Å². The predicted octanol–water partition coefficient (Wildman–Crippen LogP) is 3.25. The molecule has 82 valence electrons. The molecule has 0 aliphatic heterocycles. The smallest absolute Gasteiger partial charge is 0.272 e. The molecule has 0 bridgehead atoms. The van der Waals surface area contributed by atoms with E-state index in [2.05, 4.69) is 10.2 Å². The lowest BCUT2D eigenvalue weighted by Gasteiger charge is -2.01. The number of carbonyl (C=O) groups is 1. The lowest BCUT2D eigenvalue weighted by Crippen LogP contribution is -1.86. The second-order valence-corrected chi connectivity index (χ2v) is 3.79. The molecule has 0 unspecified atom stereocenters. The van der Waals surface area contributed by atoms with Crippen LogP contribution < -0.4 is 0 Å². The third-order valence-corrected chi connectivity index (χ3v) is 2.52. The zero-order valence-corrected chi connectivity index (χ0v) is 9.31. The molecule has 16 heavy (non-hydrogen) atoms. The van der Waals surface area contributed by atoms with Gasteiger partial charge in [-0.3, -0.25) is 9.89 Å². The first-order valence-corrected chi connectivity index (χ1v) is 5.05. The molecule has 0 amide bonds. The van der Waals surface area contributed by atoms with Crippen molar-refractivity contribution in [1.29, 1.82) is 0 Å². The Balaban J connectivity index is 2.54. The molecule has 1 N–H and O–H groups in total. The maximum Gasteiger partial charge on any atom is 0.272 e. The summed E-state index contributed by atoms with van der Waals surface area (Å²) in [6.07, 6.45) is 0. The Morgan fingerprint density at radius 1 is 1.44 bits per heavy atom. The van der Waals surface area contributed by atoms with Crippen LogP contribution in [0.3, 0.4) is 0 Å². The number of aromatic amines is 1. The van der Waals surface area contributed by atoms with Gasteiger partial charge in [0.2, 0.25) is 0 Å². The van der Waals surface area contributed by atoms with E-state index in [4.69, 9.17) is 23.2 Å². The van der Waals surface area contributed by atoms with Gasteiger partial charge >= 0.3 is 0 Å². The molecule has 0 saturated heterocycles.